The number of aryl methyl sites for hydroxylation is 1. The molecule has 0 aliphatic rings. The number of amides is 1. The summed E-state index contributed by atoms with van der Waals surface area (Å²) in [6.07, 6.45) is -0.283. The molecule has 0 atom stereocenters. The maximum Gasteiger partial charge on any atom is 0.410 e. The summed E-state index contributed by atoms with van der Waals surface area (Å²) in [5.41, 5.74) is 1.43. The Kier molecular flexibility index (Phi) is 6.51. The molecule has 0 saturated carbocycles. The highest BCUT2D eigenvalue weighted by atomic mass is 79.9. The van der Waals surface area contributed by atoms with Crippen LogP contribution < -0.4 is 5.32 Å². The van der Waals surface area contributed by atoms with Gasteiger partial charge in [-0.25, -0.2) is 4.79 Å². The van der Waals surface area contributed by atoms with Crippen LogP contribution in [0.3, 0.4) is 0 Å². The Morgan fingerprint density at radius 1 is 1.22 bits per heavy atom. The number of carbonyl (C=O) groups is 1. The van der Waals surface area contributed by atoms with Crippen molar-refractivity contribution in [3.63, 3.8) is 0 Å². The molecule has 0 aliphatic carbocycles. The number of ether oxygens (including phenoxy) is 1. The zero-order chi connectivity index (χ0) is 17.8. The summed E-state index contributed by atoms with van der Waals surface area (Å²) in [4.78, 5) is 14.2. The Balaban J connectivity index is 2.70. The smallest absolute Gasteiger partial charge is 0.410 e. The van der Waals surface area contributed by atoms with Crippen molar-refractivity contribution < 1.29 is 9.53 Å². The van der Waals surface area contributed by atoms with Crippen LogP contribution in [0.15, 0.2) is 22.7 Å². The van der Waals surface area contributed by atoms with Gasteiger partial charge in [0.25, 0.3) is 0 Å². The number of nitrogens with zero attached hydrogens (tertiary/aromatic N) is 1. The van der Waals surface area contributed by atoms with E-state index in [2.05, 4.69) is 40.3 Å². The molecule has 130 valence electrons. The Morgan fingerprint density at radius 3 is 2.30 bits per heavy atom. The predicted octanol–water partition coefficient (Wildman–Crippen LogP) is 5.21. The SMILES string of the molecule is Cc1ccc(NCCN(C(=O)OC(C)(C)C)C(C)(C)C)c(Br)c1. The van der Waals surface area contributed by atoms with Gasteiger partial charge >= 0.3 is 6.09 Å². The first-order chi connectivity index (χ1) is 10.4. The van der Waals surface area contributed by atoms with Crippen molar-refractivity contribution in [2.45, 2.75) is 59.6 Å². The van der Waals surface area contributed by atoms with Gasteiger partial charge in [-0.2, -0.15) is 0 Å². The molecule has 4 nitrogen and oxygen atoms in total. The molecule has 5 heteroatoms. The lowest BCUT2D eigenvalue weighted by Gasteiger charge is -2.37. The Hall–Kier alpha value is -1.23. The third-order valence-corrected chi connectivity index (χ3v) is 3.86. The molecule has 0 aliphatic heterocycles. The van der Waals surface area contributed by atoms with E-state index in [0.29, 0.717) is 13.1 Å². The van der Waals surface area contributed by atoms with Gasteiger partial charge in [-0.05, 0) is 82.1 Å². The average Bonchev–Trinajstić information content (AvgIpc) is 2.32. The Morgan fingerprint density at radius 2 is 1.83 bits per heavy atom. The van der Waals surface area contributed by atoms with E-state index in [1.54, 1.807) is 4.90 Å². The van der Waals surface area contributed by atoms with Crippen molar-refractivity contribution in [1.29, 1.82) is 0 Å². The first-order valence-electron chi connectivity index (χ1n) is 7.91. The molecule has 0 bridgehead atoms. The van der Waals surface area contributed by atoms with Gasteiger partial charge in [-0.15, -0.1) is 0 Å². The summed E-state index contributed by atoms with van der Waals surface area (Å²) in [6, 6.07) is 6.16. The second-order valence-corrected chi connectivity index (χ2v) is 8.57. The second-order valence-electron chi connectivity index (χ2n) is 7.71. The zero-order valence-corrected chi connectivity index (χ0v) is 16.9. The lowest BCUT2D eigenvalue weighted by Crippen LogP contribution is -2.49. The van der Waals surface area contributed by atoms with Gasteiger partial charge in [0.2, 0.25) is 0 Å². The fourth-order valence-electron chi connectivity index (χ4n) is 2.08. The van der Waals surface area contributed by atoms with Crippen LogP contribution in [0.1, 0.15) is 47.1 Å². The number of anilines is 1. The van der Waals surface area contributed by atoms with E-state index in [1.807, 2.05) is 47.6 Å². The minimum atomic E-state index is -0.492. The highest BCUT2D eigenvalue weighted by Gasteiger charge is 2.30. The van der Waals surface area contributed by atoms with Crippen molar-refractivity contribution in [3.05, 3.63) is 28.2 Å². The van der Waals surface area contributed by atoms with E-state index in [4.69, 9.17) is 4.74 Å². The van der Waals surface area contributed by atoms with Crippen molar-refractivity contribution in [2.75, 3.05) is 18.4 Å². The summed E-state index contributed by atoms with van der Waals surface area (Å²) in [7, 11) is 0. The first kappa shape index (κ1) is 19.8. The standard InChI is InChI=1S/C18H29BrN2O2/c1-13-8-9-15(14(19)12-13)20-10-11-21(17(2,3)4)16(22)23-18(5,6)7/h8-9,12,20H,10-11H2,1-7H3. The number of nitrogens with one attached hydrogen (secondary N) is 1. The Bertz CT molecular complexity index is 545. The minimum absolute atomic E-state index is 0.283. The molecule has 1 aromatic carbocycles. The monoisotopic (exact) mass is 384 g/mol. The summed E-state index contributed by atoms with van der Waals surface area (Å²) in [5.74, 6) is 0. The number of rotatable bonds is 4. The van der Waals surface area contributed by atoms with E-state index in [0.717, 1.165) is 10.2 Å². The number of benzene rings is 1. The third kappa shape index (κ3) is 6.81. The van der Waals surface area contributed by atoms with Crippen LogP contribution in [0.25, 0.3) is 0 Å². The van der Waals surface area contributed by atoms with Crippen molar-refractivity contribution >= 4 is 27.7 Å². The lowest BCUT2D eigenvalue weighted by molar-refractivity contribution is 0.00749. The fraction of sp³-hybridized carbons (Fsp3) is 0.611. The molecule has 0 radical (unpaired) electrons. The van der Waals surface area contributed by atoms with Crippen molar-refractivity contribution in [3.8, 4) is 0 Å². The van der Waals surface area contributed by atoms with Gasteiger partial charge < -0.3 is 15.0 Å². The van der Waals surface area contributed by atoms with Gasteiger partial charge in [0.1, 0.15) is 5.60 Å². The van der Waals surface area contributed by atoms with Gasteiger partial charge in [0.05, 0.1) is 0 Å². The van der Waals surface area contributed by atoms with E-state index < -0.39 is 5.60 Å². The minimum Gasteiger partial charge on any atom is -0.444 e. The van der Waals surface area contributed by atoms with E-state index in [9.17, 15) is 4.79 Å². The predicted molar refractivity (Wildman–Crippen MR) is 100 cm³/mol. The topological polar surface area (TPSA) is 41.6 Å². The van der Waals surface area contributed by atoms with Crippen LogP contribution in [0.2, 0.25) is 0 Å². The largest absolute Gasteiger partial charge is 0.444 e. The summed E-state index contributed by atoms with van der Waals surface area (Å²) < 4.78 is 6.54. The molecule has 23 heavy (non-hydrogen) atoms. The molecule has 0 unspecified atom stereocenters. The number of halogens is 1. The van der Waals surface area contributed by atoms with Crippen LogP contribution in [0, 0.1) is 6.92 Å². The molecule has 0 spiro atoms. The number of carbonyl (C=O) groups excluding carboxylic acids is 1. The maximum absolute atomic E-state index is 12.4. The van der Waals surface area contributed by atoms with Crippen molar-refractivity contribution in [2.24, 2.45) is 0 Å². The molecule has 1 aromatic rings. The number of hydrogen-bond donors (Lipinski definition) is 1. The molecule has 0 heterocycles. The normalized spacial score (nSPS) is 12.0. The molecule has 1 amide bonds. The molecular weight excluding hydrogens is 356 g/mol. The van der Waals surface area contributed by atoms with Crippen LogP contribution in [-0.4, -0.2) is 35.2 Å². The maximum atomic E-state index is 12.4. The van der Waals surface area contributed by atoms with E-state index in [1.165, 1.54) is 5.56 Å². The zero-order valence-electron chi connectivity index (χ0n) is 15.3. The van der Waals surface area contributed by atoms with Crippen LogP contribution in [0.4, 0.5) is 10.5 Å². The summed E-state index contributed by atoms with van der Waals surface area (Å²) in [6.45, 7) is 15.0. The van der Waals surface area contributed by atoms with Gasteiger partial charge in [-0.1, -0.05) is 6.07 Å². The number of hydrogen-bond acceptors (Lipinski definition) is 3. The average molecular weight is 385 g/mol. The molecule has 0 saturated heterocycles. The van der Waals surface area contributed by atoms with Crippen LogP contribution in [-0.2, 0) is 4.74 Å². The molecule has 0 fully saturated rings. The first-order valence-corrected chi connectivity index (χ1v) is 8.70. The van der Waals surface area contributed by atoms with Gasteiger partial charge in [0, 0.05) is 28.8 Å². The van der Waals surface area contributed by atoms with E-state index >= 15 is 0 Å². The third-order valence-electron chi connectivity index (χ3n) is 3.20. The van der Waals surface area contributed by atoms with Crippen LogP contribution in [0.5, 0.6) is 0 Å². The fourth-order valence-corrected chi connectivity index (χ4v) is 2.72. The summed E-state index contributed by atoms with van der Waals surface area (Å²) in [5, 5.41) is 3.36. The quantitative estimate of drug-likeness (QED) is 0.774. The van der Waals surface area contributed by atoms with Crippen LogP contribution >= 0.6 is 15.9 Å². The lowest BCUT2D eigenvalue weighted by atomic mass is 10.1. The highest BCUT2D eigenvalue weighted by molar-refractivity contribution is 9.10. The van der Waals surface area contributed by atoms with E-state index in [-0.39, 0.29) is 11.6 Å². The molecular formula is C18H29BrN2O2. The molecule has 0 aromatic heterocycles. The van der Waals surface area contributed by atoms with Gasteiger partial charge in [0.15, 0.2) is 0 Å². The summed E-state index contributed by atoms with van der Waals surface area (Å²) >= 11 is 3.55. The second kappa shape index (κ2) is 7.56. The molecule has 1 N–H and O–H groups in total. The van der Waals surface area contributed by atoms with Crippen molar-refractivity contribution in [1.82, 2.24) is 4.90 Å². The Labute approximate surface area is 148 Å². The van der Waals surface area contributed by atoms with Gasteiger partial charge in [-0.3, -0.25) is 0 Å². The highest BCUT2D eigenvalue weighted by Crippen LogP contribution is 2.23. The molecule has 1 rings (SSSR count).